The van der Waals surface area contributed by atoms with E-state index in [2.05, 4.69) is 4.74 Å². The van der Waals surface area contributed by atoms with Crippen molar-refractivity contribution in [2.45, 2.75) is 12.8 Å². The van der Waals surface area contributed by atoms with Gasteiger partial charge in [-0.25, -0.2) is 4.79 Å². The molecule has 4 heteroatoms. The Kier molecular flexibility index (Phi) is 4.31. The zero-order chi connectivity index (χ0) is 11.3. The van der Waals surface area contributed by atoms with Crippen molar-refractivity contribution < 1.29 is 14.3 Å². The Labute approximate surface area is 93.0 Å². The highest BCUT2D eigenvalue weighted by molar-refractivity contribution is 6.31. The first-order chi connectivity index (χ1) is 7.20. The summed E-state index contributed by atoms with van der Waals surface area (Å²) < 4.78 is 4.63. The summed E-state index contributed by atoms with van der Waals surface area (Å²) in [7, 11) is 1.31. The molecule has 80 valence electrons. The van der Waals surface area contributed by atoms with E-state index in [0.29, 0.717) is 29.0 Å². The number of halogens is 1. The van der Waals surface area contributed by atoms with Gasteiger partial charge in [0, 0.05) is 11.4 Å². The first kappa shape index (κ1) is 11.7. The first-order valence-electron chi connectivity index (χ1n) is 4.50. The van der Waals surface area contributed by atoms with Crippen LogP contribution in [0.2, 0.25) is 5.02 Å². The molecule has 0 aromatic heterocycles. The van der Waals surface area contributed by atoms with Crippen LogP contribution in [0.25, 0.3) is 0 Å². The lowest BCUT2D eigenvalue weighted by Gasteiger charge is -2.07. The molecule has 1 rings (SSSR count). The van der Waals surface area contributed by atoms with Gasteiger partial charge in [-0.1, -0.05) is 17.7 Å². The van der Waals surface area contributed by atoms with Crippen molar-refractivity contribution >= 4 is 23.9 Å². The van der Waals surface area contributed by atoms with Crippen molar-refractivity contribution in [1.82, 2.24) is 0 Å². The zero-order valence-corrected chi connectivity index (χ0v) is 9.08. The number of hydrogen-bond donors (Lipinski definition) is 0. The van der Waals surface area contributed by atoms with Crippen LogP contribution in [0.3, 0.4) is 0 Å². The van der Waals surface area contributed by atoms with Crippen molar-refractivity contribution in [2.24, 2.45) is 0 Å². The minimum Gasteiger partial charge on any atom is -0.465 e. The van der Waals surface area contributed by atoms with Crippen LogP contribution in [-0.2, 0) is 16.0 Å². The van der Waals surface area contributed by atoms with E-state index in [0.717, 1.165) is 6.29 Å². The number of carbonyl (C=O) groups excluding carboxylic acids is 2. The maximum absolute atomic E-state index is 11.4. The topological polar surface area (TPSA) is 43.4 Å². The summed E-state index contributed by atoms with van der Waals surface area (Å²) in [6.07, 6.45) is 1.59. The van der Waals surface area contributed by atoms with Gasteiger partial charge in [-0.2, -0.15) is 0 Å². The lowest BCUT2D eigenvalue weighted by Crippen LogP contribution is -2.06. The van der Waals surface area contributed by atoms with E-state index >= 15 is 0 Å². The van der Waals surface area contributed by atoms with Crippen molar-refractivity contribution in [3.63, 3.8) is 0 Å². The third-order valence-corrected chi connectivity index (χ3v) is 2.39. The van der Waals surface area contributed by atoms with E-state index in [1.807, 2.05) is 0 Å². The molecule has 0 bridgehead atoms. The van der Waals surface area contributed by atoms with Gasteiger partial charge in [0.2, 0.25) is 0 Å². The lowest BCUT2D eigenvalue weighted by atomic mass is 10.0. The van der Waals surface area contributed by atoms with Crippen LogP contribution in [-0.4, -0.2) is 19.4 Å². The Morgan fingerprint density at radius 1 is 1.53 bits per heavy atom. The lowest BCUT2D eigenvalue weighted by molar-refractivity contribution is -0.107. The molecule has 0 amide bonds. The summed E-state index contributed by atoms with van der Waals surface area (Å²) in [6, 6.07) is 5.00. The van der Waals surface area contributed by atoms with Gasteiger partial charge in [-0.3, -0.25) is 0 Å². The van der Waals surface area contributed by atoms with Crippen LogP contribution in [0.1, 0.15) is 22.3 Å². The third-order valence-electron chi connectivity index (χ3n) is 2.04. The fourth-order valence-corrected chi connectivity index (χ4v) is 1.59. The molecule has 1 aromatic rings. The zero-order valence-electron chi connectivity index (χ0n) is 8.33. The van der Waals surface area contributed by atoms with Crippen LogP contribution in [0.15, 0.2) is 18.2 Å². The highest BCUT2D eigenvalue weighted by Gasteiger charge is 2.13. The molecular weight excluding hydrogens is 216 g/mol. The maximum atomic E-state index is 11.4. The van der Waals surface area contributed by atoms with Crippen molar-refractivity contribution in [3.8, 4) is 0 Å². The Hall–Kier alpha value is -1.35. The minimum atomic E-state index is -0.432. The second-order valence-electron chi connectivity index (χ2n) is 2.96. The molecule has 15 heavy (non-hydrogen) atoms. The molecule has 0 atom stereocenters. The Morgan fingerprint density at radius 3 is 2.87 bits per heavy atom. The number of esters is 1. The quantitative estimate of drug-likeness (QED) is 0.584. The number of benzene rings is 1. The Balaban J connectivity index is 3.07. The molecular formula is C11H11ClO3. The summed E-state index contributed by atoms with van der Waals surface area (Å²) in [5.41, 5.74) is 1.09. The summed E-state index contributed by atoms with van der Waals surface area (Å²) in [5, 5.41) is 0.486. The van der Waals surface area contributed by atoms with E-state index in [4.69, 9.17) is 11.6 Å². The second-order valence-corrected chi connectivity index (χ2v) is 3.37. The number of hydrogen-bond acceptors (Lipinski definition) is 3. The average Bonchev–Trinajstić information content (AvgIpc) is 2.26. The van der Waals surface area contributed by atoms with Gasteiger partial charge in [-0.15, -0.1) is 0 Å². The van der Waals surface area contributed by atoms with Gasteiger partial charge in [0.15, 0.2) is 0 Å². The van der Waals surface area contributed by atoms with E-state index in [1.165, 1.54) is 7.11 Å². The van der Waals surface area contributed by atoms with E-state index in [-0.39, 0.29) is 0 Å². The number of ether oxygens (including phenoxy) is 1. The number of carbonyl (C=O) groups is 2. The van der Waals surface area contributed by atoms with Crippen molar-refractivity contribution in [1.29, 1.82) is 0 Å². The molecule has 0 N–H and O–H groups in total. The summed E-state index contributed by atoms with van der Waals surface area (Å²) in [5.74, 6) is -0.432. The van der Waals surface area contributed by atoms with Gasteiger partial charge in [-0.05, 0) is 24.1 Å². The van der Waals surface area contributed by atoms with Gasteiger partial charge in [0.25, 0.3) is 0 Å². The largest absolute Gasteiger partial charge is 0.465 e. The van der Waals surface area contributed by atoms with Crippen molar-refractivity contribution in [3.05, 3.63) is 34.3 Å². The summed E-state index contributed by atoms with van der Waals surface area (Å²) in [4.78, 5) is 21.7. The highest BCUT2D eigenvalue weighted by atomic mass is 35.5. The predicted octanol–water partition coefficient (Wildman–Crippen LogP) is 2.26. The fraction of sp³-hybridized carbons (Fsp3) is 0.273. The van der Waals surface area contributed by atoms with Crippen molar-refractivity contribution in [2.75, 3.05) is 7.11 Å². The van der Waals surface area contributed by atoms with Crippen LogP contribution in [0, 0.1) is 0 Å². The van der Waals surface area contributed by atoms with Gasteiger partial charge >= 0.3 is 5.97 Å². The Morgan fingerprint density at radius 2 is 2.27 bits per heavy atom. The smallest absolute Gasteiger partial charge is 0.338 e. The molecule has 0 radical (unpaired) electrons. The summed E-state index contributed by atoms with van der Waals surface area (Å²) >= 11 is 5.94. The van der Waals surface area contributed by atoms with Gasteiger partial charge < -0.3 is 9.53 Å². The van der Waals surface area contributed by atoms with E-state index < -0.39 is 5.97 Å². The third kappa shape index (κ3) is 2.80. The van der Waals surface area contributed by atoms with Gasteiger partial charge in [0.05, 0.1) is 12.7 Å². The Bertz CT molecular complexity index is 374. The van der Waals surface area contributed by atoms with Crippen LogP contribution < -0.4 is 0 Å². The molecule has 0 fully saturated rings. The minimum absolute atomic E-state index is 0.341. The molecule has 0 aliphatic rings. The molecule has 0 aliphatic heterocycles. The predicted molar refractivity (Wildman–Crippen MR) is 57.2 cm³/mol. The van der Waals surface area contributed by atoms with Crippen LogP contribution in [0.5, 0.6) is 0 Å². The average molecular weight is 227 g/mol. The standard InChI is InChI=1S/C11H11ClO3/c1-15-11(14)9-4-2-6-10(12)8(9)5-3-7-13/h2,4,6-7H,3,5H2,1H3. The molecule has 1 aromatic carbocycles. The SMILES string of the molecule is COC(=O)c1cccc(Cl)c1CCC=O. The van der Waals surface area contributed by atoms with Gasteiger partial charge in [0.1, 0.15) is 6.29 Å². The summed E-state index contributed by atoms with van der Waals surface area (Å²) in [6.45, 7) is 0. The van der Waals surface area contributed by atoms with E-state index in [1.54, 1.807) is 18.2 Å². The van der Waals surface area contributed by atoms with E-state index in [9.17, 15) is 9.59 Å². The second kappa shape index (κ2) is 5.51. The fourth-order valence-electron chi connectivity index (χ4n) is 1.32. The van der Waals surface area contributed by atoms with Crippen LogP contribution >= 0.6 is 11.6 Å². The molecule has 3 nitrogen and oxygen atoms in total. The monoisotopic (exact) mass is 226 g/mol. The normalized spacial score (nSPS) is 9.73. The highest BCUT2D eigenvalue weighted by Crippen LogP contribution is 2.22. The molecule has 0 heterocycles. The first-order valence-corrected chi connectivity index (χ1v) is 4.87. The molecule has 0 saturated carbocycles. The maximum Gasteiger partial charge on any atom is 0.338 e. The van der Waals surface area contributed by atoms with Crippen LogP contribution in [0.4, 0.5) is 0 Å². The molecule has 0 saturated heterocycles. The molecule has 0 aliphatic carbocycles. The molecule has 0 spiro atoms. The number of aldehydes is 1. The number of methoxy groups -OCH3 is 1. The number of rotatable bonds is 4. The molecule has 0 unspecified atom stereocenters.